The van der Waals surface area contributed by atoms with Crippen LogP contribution in [0.25, 0.3) is 0 Å². The molecule has 2 fully saturated rings. The van der Waals surface area contributed by atoms with Crippen LogP contribution in [-0.2, 0) is 9.53 Å². The van der Waals surface area contributed by atoms with E-state index in [0.29, 0.717) is 37.9 Å². The summed E-state index contributed by atoms with van der Waals surface area (Å²) in [6, 6.07) is 0.190. The Hall–Kier alpha value is -1.30. The van der Waals surface area contributed by atoms with Gasteiger partial charge in [-0.2, -0.15) is 0 Å². The maximum Gasteiger partial charge on any atom is 0.234 e. The van der Waals surface area contributed by atoms with Gasteiger partial charge in [-0.1, -0.05) is 19.0 Å². The summed E-state index contributed by atoms with van der Waals surface area (Å²) in [4.78, 5) is 12.7. The number of nitrogens with one attached hydrogen (secondary N) is 1. The molecule has 0 aromatic carbocycles. The zero-order valence-electron chi connectivity index (χ0n) is 13.0. The average molecular weight is 297 g/mol. The smallest absolute Gasteiger partial charge is 0.234 e. The van der Waals surface area contributed by atoms with Gasteiger partial charge in [-0.25, -0.2) is 0 Å². The van der Waals surface area contributed by atoms with Crippen molar-refractivity contribution in [3.63, 3.8) is 0 Å². The van der Waals surface area contributed by atoms with E-state index in [0.717, 1.165) is 19.3 Å². The molecule has 3 unspecified atom stereocenters. The standard InChI is InChI=1S/C15H27N3O3/c1-10-3-4-12(9-11(10)2)17-14(19)15(13(16)18-20)5-7-21-8-6-15/h10-12,20H,3-9H2,1-2H3,(H2,16,18)(H,17,19). The first kappa shape index (κ1) is 16.1. The van der Waals surface area contributed by atoms with E-state index in [1.54, 1.807) is 0 Å². The van der Waals surface area contributed by atoms with Crippen molar-refractivity contribution in [3.8, 4) is 0 Å². The SMILES string of the molecule is CC1CCC(NC(=O)C2(C(N)=NO)CCOCC2)CC1C. The molecule has 6 heteroatoms. The van der Waals surface area contributed by atoms with Crippen LogP contribution >= 0.6 is 0 Å². The van der Waals surface area contributed by atoms with Crippen molar-refractivity contribution in [3.05, 3.63) is 0 Å². The van der Waals surface area contributed by atoms with E-state index in [-0.39, 0.29) is 17.8 Å². The Balaban J connectivity index is 2.05. The molecular weight excluding hydrogens is 270 g/mol. The minimum atomic E-state index is -0.917. The van der Waals surface area contributed by atoms with Crippen molar-refractivity contribution < 1.29 is 14.7 Å². The highest BCUT2D eigenvalue weighted by Crippen LogP contribution is 2.33. The second kappa shape index (κ2) is 6.64. The van der Waals surface area contributed by atoms with Crippen LogP contribution in [0.5, 0.6) is 0 Å². The normalized spacial score (nSPS) is 33.4. The summed E-state index contributed by atoms with van der Waals surface area (Å²) in [6.07, 6.45) is 4.06. The van der Waals surface area contributed by atoms with E-state index in [2.05, 4.69) is 24.3 Å². The molecule has 2 rings (SSSR count). The lowest BCUT2D eigenvalue weighted by atomic mass is 9.76. The summed E-state index contributed by atoms with van der Waals surface area (Å²) in [5.41, 5.74) is 4.90. The van der Waals surface area contributed by atoms with Crippen molar-refractivity contribution in [2.75, 3.05) is 13.2 Å². The molecular formula is C15H27N3O3. The van der Waals surface area contributed by atoms with E-state index < -0.39 is 5.41 Å². The van der Waals surface area contributed by atoms with Gasteiger partial charge in [0.25, 0.3) is 0 Å². The molecule has 0 aromatic rings. The maximum atomic E-state index is 12.7. The molecule has 1 heterocycles. The van der Waals surface area contributed by atoms with Gasteiger partial charge in [0.1, 0.15) is 5.41 Å². The van der Waals surface area contributed by atoms with Crippen LogP contribution < -0.4 is 11.1 Å². The first-order valence-corrected chi connectivity index (χ1v) is 7.86. The Bertz CT molecular complexity index is 405. The Morgan fingerprint density at radius 1 is 1.29 bits per heavy atom. The van der Waals surface area contributed by atoms with Crippen molar-refractivity contribution in [2.45, 2.75) is 52.0 Å². The molecule has 0 radical (unpaired) electrons. The van der Waals surface area contributed by atoms with Gasteiger partial charge in [-0.15, -0.1) is 0 Å². The first-order chi connectivity index (χ1) is 9.99. The highest BCUT2D eigenvalue weighted by atomic mass is 16.5. The molecule has 21 heavy (non-hydrogen) atoms. The Morgan fingerprint density at radius 3 is 2.52 bits per heavy atom. The van der Waals surface area contributed by atoms with Crippen LogP contribution in [0, 0.1) is 17.3 Å². The number of ether oxygens (including phenoxy) is 1. The van der Waals surface area contributed by atoms with Crippen molar-refractivity contribution >= 4 is 11.7 Å². The first-order valence-electron chi connectivity index (χ1n) is 7.86. The predicted molar refractivity (Wildman–Crippen MR) is 80.0 cm³/mol. The molecule has 6 nitrogen and oxygen atoms in total. The summed E-state index contributed by atoms with van der Waals surface area (Å²) in [5.74, 6) is 1.20. The second-order valence-corrected chi connectivity index (χ2v) is 6.62. The fourth-order valence-electron chi connectivity index (χ4n) is 3.42. The van der Waals surface area contributed by atoms with Gasteiger partial charge in [0.15, 0.2) is 5.84 Å². The van der Waals surface area contributed by atoms with Gasteiger partial charge < -0.3 is 21.0 Å². The van der Waals surface area contributed by atoms with E-state index in [9.17, 15) is 4.79 Å². The minimum Gasteiger partial charge on any atom is -0.409 e. The van der Waals surface area contributed by atoms with Crippen molar-refractivity contribution in [1.82, 2.24) is 5.32 Å². The summed E-state index contributed by atoms with van der Waals surface area (Å²) >= 11 is 0. The number of nitrogens with two attached hydrogens (primary N) is 1. The number of hydrogen-bond acceptors (Lipinski definition) is 4. The number of carbonyl (C=O) groups is 1. The molecule has 0 aromatic heterocycles. The average Bonchev–Trinajstić information content (AvgIpc) is 2.50. The van der Waals surface area contributed by atoms with Gasteiger partial charge in [-0.05, 0) is 43.9 Å². The summed E-state index contributed by atoms with van der Waals surface area (Å²) < 4.78 is 5.32. The zero-order valence-corrected chi connectivity index (χ0v) is 13.0. The summed E-state index contributed by atoms with van der Waals surface area (Å²) in [6.45, 7) is 5.42. The molecule has 1 saturated heterocycles. The topological polar surface area (TPSA) is 96.9 Å². The number of rotatable bonds is 3. The number of amidine groups is 1. The maximum absolute atomic E-state index is 12.7. The lowest BCUT2D eigenvalue weighted by Gasteiger charge is -2.38. The van der Waals surface area contributed by atoms with Gasteiger partial charge in [0.05, 0.1) is 0 Å². The van der Waals surface area contributed by atoms with Gasteiger partial charge in [0, 0.05) is 19.3 Å². The number of hydrogen-bond donors (Lipinski definition) is 3. The number of carbonyl (C=O) groups excluding carboxylic acids is 1. The van der Waals surface area contributed by atoms with E-state index in [4.69, 9.17) is 15.7 Å². The third-order valence-electron chi connectivity index (χ3n) is 5.31. The monoisotopic (exact) mass is 297 g/mol. The fraction of sp³-hybridized carbons (Fsp3) is 0.867. The Morgan fingerprint density at radius 2 is 1.95 bits per heavy atom. The van der Waals surface area contributed by atoms with Crippen molar-refractivity contribution in [1.29, 1.82) is 0 Å². The Labute approximate surface area is 126 Å². The summed E-state index contributed by atoms with van der Waals surface area (Å²) in [5, 5.41) is 15.3. The molecule has 2 aliphatic rings. The lowest BCUT2D eigenvalue weighted by molar-refractivity contribution is -0.132. The fourth-order valence-corrected chi connectivity index (χ4v) is 3.42. The van der Waals surface area contributed by atoms with Crippen molar-refractivity contribution in [2.24, 2.45) is 28.1 Å². The number of oxime groups is 1. The predicted octanol–water partition coefficient (Wildman–Crippen LogP) is 1.47. The molecule has 1 aliphatic carbocycles. The molecule has 0 bridgehead atoms. The van der Waals surface area contributed by atoms with Crippen LogP contribution in [0.2, 0.25) is 0 Å². The van der Waals surface area contributed by atoms with E-state index in [1.807, 2.05) is 0 Å². The summed E-state index contributed by atoms with van der Waals surface area (Å²) in [7, 11) is 0. The van der Waals surface area contributed by atoms with Gasteiger partial charge in [-0.3, -0.25) is 4.79 Å². The quantitative estimate of drug-likeness (QED) is 0.318. The van der Waals surface area contributed by atoms with Crippen LogP contribution in [0.15, 0.2) is 5.16 Å². The largest absolute Gasteiger partial charge is 0.409 e. The van der Waals surface area contributed by atoms with Gasteiger partial charge in [0.2, 0.25) is 5.91 Å². The molecule has 1 aliphatic heterocycles. The number of nitrogens with zero attached hydrogens (tertiary/aromatic N) is 1. The molecule has 120 valence electrons. The van der Waals surface area contributed by atoms with E-state index in [1.165, 1.54) is 0 Å². The van der Waals surface area contributed by atoms with Gasteiger partial charge >= 0.3 is 0 Å². The second-order valence-electron chi connectivity index (χ2n) is 6.62. The molecule has 1 saturated carbocycles. The highest BCUT2D eigenvalue weighted by molar-refractivity contribution is 6.06. The van der Waals surface area contributed by atoms with Crippen LogP contribution in [0.1, 0.15) is 46.0 Å². The number of amides is 1. The third-order valence-corrected chi connectivity index (χ3v) is 5.31. The molecule has 0 spiro atoms. The van der Waals surface area contributed by atoms with Crippen LogP contribution in [0.3, 0.4) is 0 Å². The molecule has 1 amide bonds. The zero-order chi connectivity index (χ0) is 15.5. The van der Waals surface area contributed by atoms with E-state index >= 15 is 0 Å². The third kappa shape index (κ3) is 3.31. The molecule has 3 atom stereocenters. The van der Waals surface area contributed by atoms with Crippen LogP contribution in [-0.4, -0.2) is 36.2 Å². The lowest BCUT2D eigenvalue weighted by Crippen LogP contribution is -2.55. The minimum absolute atomic E-state index is 0.000487. The molecule has 4 N–H and O–H groups in total. The van der Waals surface area contributed by atoms with Crippen LogP contribution in [0.4, 0.5) is 0 Å². The highest BCUT2D eigenvalue weighted by Gasteiger charge is 2.45. The Kier molecular flexibility index (Phi) is 5.08.